The maximum absolute atomic E-state index is 14.0. The Labute approximate surface area is 118 Å². The Kier molecular flexibility index (Phi) is 4.69. The third-order valence-corrected chi connectivity index (χ3v) is 3.03. The minimum absolute atomic E-state index is 0.209. The molecule has 0 aliphatic heterocycles. The summed E-state index contributed by atoms with van der Waals surface area (Å²) in [6.45, 7) is 4.47. The topological polar surface area (TPSA) is 34.1 Å². The molecule has 1 aromatic carbocycles. The van der Waals surface area contributed by atoms with Crippen LogP contribution in [0.3, 0.4) is 0 Å². The van der Waals surface area contributed by atoms with Gasteiger partial charge in [-0.05, 0) is 43.7 Å². The van der Waals surface area contributed by atoms with E-state index < -0.39 is 0 Å². The van der Waals surface area contributed by atoms with Crippen LogP contribution in [0, 0.1) is 12.7 Å². The van der Waals surface area contributed by atoms with Gasteiger partial charge < -0.3 is 10.1 Å². The number of nitrogens with zero attached hydrogens (tertiary/aromatic N) is 1. The third kappa shape index (κ3) is 3.33. The summed E-state index contributed by atoms with van der Waals surface area (Å²) in [6.07, 6.45) is 0.810. The predicted molar refractivity (Wildman–Crippen MR) is 77.6 cm³/mol. The van der Waals surface area contributed by atoms with Crippen molar-refractivity contribution >= 4 is 0 Å². The van der Waals surface area contributed by atoms with E-state index in [9.17, 15) is 4.39 Å². The van der Waals surface area contributed by atoms with Gasteiger partial charge >= 0.3 is 0 Å². The van der Waals surface area contributed by atoms with Crippen LogP contribution in [0.1, 0.15) is 23.7 Å². The molecule has 0 unspecified atom stereocenters. The zero-order valence-corrected chi connectivity index (χ0v) is 12.0. The normalized spacial score (nSPS) is 10.6. The molecule has 1 aromatic heterocycles. The van der Waals surface area contributed by atoms with E-state index in [1.165, 1.54) is 0 Å². The Morgan fingerprint density at radius 2 is 2.10 bits per heavy atom. The highest BCUT2D eigenvalue weighted by molar-refractivity contribution is 5.34. The fraction of sp³-hybridized carbons (Fsp3) is 0.312. The van der Waals surface area contributed by atoms with Crippen molar-refractivity contribution in [2.45, 2.75) is 26.8 Å². The van der Waals surface area contributed by atoms with Gasteiger partial charge in [0.2, 0.25) is 5.88 Å². The van der Waals surface area contributed by atoms with Crippen LogP contribution in [-0.2, 0) is 13.0 Å². The molecule has 3 nitrogen and oxygen atoms in total. The second kappa shape index (κ2) is 6.48. The molecule has 0 atom stereocenters. The molecule has 0 spiro atoms. The maximum atomic E-state index is 14.0. The van der Waals surface area contributed by atoms with E-state index in [4.69, 9.17) is 4.74 Å². The van der Waals surface area contributed by atoms with Gasteiger partial charge in [-0.25, -0.2) is 9.37 Å². The number of aryl methyl sites for hydroxylation is 2. The third-order valence-electron chi connectivity index (χ3n) is 3.03. The number of halogens is 1. The lowest BCUT2D eigenvalue weighted by molar-refractivity contribution is 0.423. The summed E-state index contributed by atoms with van der Waals surface area (Å²) >= 11 is 0. The second-order valence-corrected chi connectivity index (χ2v) is 4.68. The van der Waals surface area contributed by atoms with Crippen LogP contribution in [-0.4, -0.2) is 12.0 Å². The molecule has 0 fully saturated rings. The Hall–Kier alpha value is -1.94. The summed E-state index contributed by atoms with van der Waals surface area (Å²) in [4.78, 5) is 4.38. The highest BCUT2D eigenvalue weighted by Gasteiger charge is 2.09. The van der Waals surface area contributed by atoms with E-state index in [0.717, 1.165) is 24.2 Å². The van der Waals surface area contributed by atoms with Crippen LogP contribution < -0.4 is 10.1 Å². The lowest BCUT2D eigenvalue weighted by Gasteiger charge is -2.10. The average Bonchev–Trinajstić information content (AvgIpc) is 2.44. The van der Waals surface area contributed by atoms with E-state index in [0.29, 0.717) is 11.4 Å². The molecule has 106 valence electrons. The highest BCUT2D eigenvalue weighted by atomic mass is 19.1. The van der Waals surface area contributed by atoms with Crippen molar-refractivity contribution in [1.29, 1.82) is 0 Å². The quantitative estimate of drug-likeness (QED) is 0.904. The van der Waals surface area contributed by atoms with Crippen molar-refractivity contribution < 1.29 is 9.13 Å². The van der Waals surface area contributed by atoms with Gasteiger partial charge in [0.1, 0.15) is 0 Å². The molecule has 2 aromatic rings. The van der Waals surface area contributed by atoms with E-state index in [2.05, 4.69) is 10.3 Å². The first-order chi connectivity index (χ1) is 9.63. The van der Waals surface area contributed by atoms with Crippen molar-refractivity contribution in [3.8, 4) is 11.6 Å². The smallest absolute Gasteiger partial charge is 0.219 e. The molecule has 4 heteroatoms. The number of hydrogen-bond donors (Lipinski definition) is 1. The van der Waals surface area contributed by atoms with Crippen molar-refractivity contribution in [2.75, 3.05) is 7.05 Å². The maximum Gasteiger partial charge on any atom is 0.219 e. The standard InChI is InChI=1S/C16H19FN2O/c1-4-13-8-12(10-18-3)9-15(19-13)20-14-7-5-6-11(2)16(14)17/h5-9,18H,4,10H2,1-3H3. The molecule has 0 saturated carbocycles. The Morgan fingerprint density at radius 3 is 2.80 bits per heavy atom. The second-order valence-electron chi connectivity index (χ2n) is 4.68. The SMILES string of the molecule is CCc1cc(CNC)cc(Oc2cccc(C)c2F)n1. The fourth-order valence-electron chi connectivity index (χ4n) is 1.97. The van der Waals surface area contributed by atoms with Gasteiger partial charge in [-0.3, -0.25) is 0 Å². The van der Waals surface area contributed by atoms with Crippen LogP contribution in [0.25, 0.3) is 0 Å². The fourth-order valence-corrected chi connectivity index (χ4v) is 1.97. The van der Waals surface area contributed by atoms with Crippen LogP contribution in [0.4, 0.5) is 4.39 Å². The number of pyridine rings is 1. The number of rotatable bonds is 5. The number of nitrogens with one attached hydrogen (secondary N) is 1. The lowest BCUT2D eigenvalue weighted by atomic mass is 10.2. The first-order valence-electron chi connectivity index (χ1n) is 6.71. The molecule has 1 N–H and O–H groups in total. The average molecular weight is 274 g/mol. The number of benzene rings is 1. The molecule has 0 radical (unpaired) electrons. The number of ether oxygens (including phenoxy) is 1. The van der Waals surface area contributed by atoms with Crippen LogP contribution in [0.5, 0.6) is 11.6 Å². The molecule has 0 bridgehead atoms. The molecule has 0 saturated heterocycles. The molecule has 0 aliphatic carbocycles. The van der Waals surface area contributed by atoms with Gasteiger partial charge in [-0.15, -0.1) is 0 Å². The molecule has 20 heavy (non-hydrogen) atoms. The zero-order chi connectivity index (χ0) is 14.5. The van der Waals surface area contributed by atoms with Gasteiger partial charge in [0.25, 0.3) is 0 Å². The zero-order valence-electron chi connectivity index (χ0n) is 12.0. The highest BCUT2D eigenvalue weighted by Crippen LogP contribution is 2.26. The van der Waals surface area contributed by atoms with Gasteiger partial charge in [0, 0.05) is 18.3 Å². The molecule has 1 heterocycles. The lowest BCUT2D eigenvalue weighted by Crippen LogP contribution is -2.06. The summed E-state index contributed by atoms with van der Waals surface area (Å²) in [5, 5.41) is 3.09. The molecule has 0 aliphatic rings. The summed E-state index contributed by atoms with van der Waals surface area (Å²) in [5.74, 6) is 0.298. The first kappa shape index (κ1) is 14.5. The van der Waals surface area contributed by atoms with Crippen LogP contribution in [0.15, 0.2) is 30.3 Å². The van der Waals surface area contributed by atoms with E-state index in [1.807, 2.05) is 26.1 Å². The first-order valence-corrected chi connectivity index (χ1v) is 6.71. The van der Waals surface area contributed by atoms with Crippen molar-refractivity contribution in [3.05, 3.63) is 53.0 Å². The van der Waals surface area contributed by atoms with Crippen molar-refractivity contribution in [3.63, 3.8) is 0 Å². The van der Waals surface area contributed by atoms with E-state index >= 15 is 0 Å². The van der Waals surface area contributed by atoms with Gasteiger partial charge in [0.05, 0.1) is 0 Å². The Balaban J connectivity index is 2.32. The largest absolute Gasteiger partial charge is 0.436 e. The summed E-state index contributed by atoms with van der Waals surface area (Å²) in [7, 11) is 1.88. The minimum atomic E-state index is -0.341. The van der Waals surface area contributed by atoms with E-state index in [1.54, 1.807) is 25.1 Å². The van der Waals surface area contributed by atoms with Gasteiger partial charge in [0.15, 0.2) is 11.6 Å². The number of hydrogen-bond acceptors (Lipinski definition) is 3. The molecular weight excluding hydrogens is 255 g/mol. The minimum Gasteiger partial charge on any atom is -0.436 e. The summed E-state index contributed by atoms with van der Waals surface area (Å²) in [5.41, 5.74) is 2.56. The van der Waals surface area contributed by atoms with Gasteiger partial charge in [-0.2, -0.15) is 0 Å². The van der Waals surface area contributed by atoms with Gasteiger partial charge in [-0.1, -0.05) is 19.1 Å². The monoisotopic (exact) mass is 274 g/mol. The molecular formula is C16H19FN2O. The Morgan fingerprint density at radius 1 is 1.30 bits per heavy atom. The van der Waals surface area contributed by atoms with Crippen molar-refractivity contribution in [1.82, 2.24) is 10.3 Å². The van der Waals surface area contributed by atoms with Crippen LogP contribution in [0.2, 0.25) is 0 Å². The summed E-state index contributed by atoms with van der Waals surface area (Å²) < 4.78 is 19.6. The number of aromatic nitrogens is 1. The molecule has 0 amide bonds. The van der Waals surface area contributed by atoms with Crippen LogP contribution >= 0.6 is 0 Å². The van der Waals surface area contributed by atoms with E-state index in [-0.39, 0.29) is 11.6 Å². The van der Waals surface area contributed by atoms with Crippen molar-refractivity contribution in [2.24, 2.45) is 0 Å². The predicted octanol–water partition coefficient (Wildman–Crippen LogP) is 3.60. The molecule has 2 rings (SSSR count). The summed E-state index contributed by atoms with van der Waals surface area (Å²) in [6, 6.07) is 8.95. The Bertz CT molecular complexity index is 599.